The Morgan fingerprint density at radius 3 is 2.70 bits per heavy atom. The van der Waals surface area contributed by atoms with E-state index < -0.39 is 0 Å². The highest BCUT2D eigenvalue weighted by molar-refractivity contribution is 7.16. The maximum atomic E-state index is 6.24. The molecule has 2 N–H and O–H groups in total. The summed E-state index contributed by atoms with van der Waals surface area (Å²) < 4.78 is 6.64. The topological polar surface area (TPSA) is 35.2 Å². The third kappa shape index (κ3) is 4.13. The third-order valence-corrected chi connectivity index (χ3v) is 4.54. The molecule has 0 aliphatic rings. The molecule has 0 fully saturated rings. The summed E-state index contributed by atoms with van der Waals surface area (Å²) in [4.78, 5) is 1.07. The number of thiophene rings is 1. The molecule has 2 aromatic rings. The average molecular weight is 330 g/mol. The van der Waals surface area contributed by atoms with Gasteiger partial charge in [0.2, 0.25) is 0 Å². The molecule has 1 heterocycles. The van der Waals surface area contributed by atoms with Crippen LogP contribution >= 0.6 is 34.5 Å². The minimum absolute atomic E-state index is 0.118. The average Bonchev–Trinajstić information content (AvgIpc) is 2.83. The summed E-state index contributed by atoms with van der Waals surface area (Å²) in [5, 5.41) is 0.619. The zero-order chi connectivity index (χ0) is 14.5. The Bertz CT molecular complexity index is 571. The molecule has 2 nitrogen and oxygen atoms in total. The summed E-state index contributed by atoms with van der Waals surface area (Å²) in [5.41, 5.74) is 7.07. The van der Waals surface area contributed by atoms with Gasteiger partial charge in [-0.15, -0.1) is 11.3 Å². The van der Waals surface area contributed by atoms with Gasteiger partial charge in [-0.2, -0.15) is 0 Å². The van der Waals surface area contributed by atoms with Crippen molar-refractivity contribution in [3.63, 3.8) is 0 Å². The molecule has 1 aromatic heterocycles. The van der Waals surface area contributed by atoms with Crippen molar-refractivity contribution in [2.24, 2.45) is 5.73 Å². The van der Waals surface area contributed by atoms with Gasteiger partial charge in [0.15, 0.2) is 0 Å². The second-order valence-electron chi connectivity index (χ2n) is 4.60. The molecular weight excluding hydrogens is 313 g/mol. The molecule has 2 rings (SSSR count). The number of para-hydroxylation sites is 1. The SMILES string of the molecule is CCC(N)Cc1cccc(Cl)c1OCc1ccc(Cl)s1. The first kappa shape index (κ1) is 15.6. The van der Waals surface area contributed by atoms with E-state index in [1.54, 1.807) is 0 Å². The Kier molecular flexibility index (Phi) is 5.73. The van der Waals surface area contributed by atoms with E-state index >= 15 is 0 Å². The second kappa shape index (κ2) is 7.32. The Balaban J connectivity index is 2.12. The lowest BCUT2D eigenvalue weighted by atomic mass is 10.0. The number of ether oxygens (including phenoxy) is 1. The van der Waals surface area contributed by atoms with E-state index in [0.29, 0.717) is 11.6 Å². The molecule has 1 unspecified atom stereocenters. The minimum Gasteiger partial charge on any atom is -0.486 e. The molecule has 0 spiro atoms. The van der Waals surface area contributed by atoms with Crippen molar-refractivity contribution in [2.45, 2.75) is 32.4 Å². The Labute approximate surface area is 133 Å². The first-order valence-corrected chi connectivity index (χ1v) is 8.07. The summed E-state index contributed by atoms with van der Waals surface area (Å²) in [7, 11) is 0. The van der Waals surface area contributed by atoms with Crippen LogP contribution in [0.1, 0.15) is 23.8 Å². The monoisotopic (exact) mass is 329 g/mol. The second-order valence-corrected chi connectivity index (χ2v) is 6.80. The van der Waals surface area contributed by atoms with Crippen LogP contribution in [0.2, 0.25) is 9.36 Å². The van der Waals surface area contributed by atoms with Gasteiger partial charge in [-0.1, -0.05) is 42.3 Å². The fourth-order valence-electron chi connectivity index (χ4n) is 1.88. The lowest BCUT2D eigenvalue weighted by Crippen LogP contribution is -2.21. The molecule has 108 valence electrons. The lowest BCUT2D eigenvalue weighted by molar-refractivity contribution is 0.306. The molecule has 5 heteroatoms. The number of rotatable bonds is 6. The van der Waals surface area contributed by atoms with Crippen molar-refractivity contribution >= 4 is 34.5 Å². The van der Waals surface area contributed by atoms with Gasteiger partial charge in [0.05, 0.1) is 9.36 Å². The van der Waals surface area contributed by atoms with Crippen molar-refractivity contribution in [1.82, 2.24) is 0 Å². The fourth-order valence-corrected chi connectivity index (χ4v) is 3.12. The smallest absolute Gasteiger partial charge is 0.141 e. The van der Waals surface area contributed by atoms with E-state index in [1.807, 2.05) is 30.3 Å². The molecule has 0 bridgehead atoms. The van der Waals surface area contributed by atoms with Crippen molar-refractivity contribution in [2.75, 3.05) is 0 Å². The van der Waals surface area contributed by atoms with Crippen molar-refractivity contribution in [1.29, 1.82) is 0 Å². The predicted octanol–water partition coefficient (Wildman–Crippen LogP) is 4.91. The first-order valence-electron chi connectivity index (χ1n) is 6.50. The first-order chi connectivity index (χ1) is 9.60. The van der Waals surface area contributed by atoms with Gasteiger partial charge in [0, 0.05) is 10.9 Å². The molecule has 0 aliphatic carbocycles. The molecule has 20 heavy (non-hydrogen) atoms. The Morgan fingerprint density at radius 2 is 2.05 bits per heavy atom. The summed E-state index contributed by atoms with van der Waals surface area (Å²) in [6.07, 6.45) is 1.68. The number of benzene rings is 1. The molecule has 0 saturated carbocycles. The van der Waals surface area contributed by atoms with Crippen LogP contribution in [0, 0.1) is 0 Å². The van der Waals surface area contributed by atoms with Gasteiger partial charge >= 0.3 is 0 Å². The van der Waals surface area contributed by atoms with Crippen LogP contribution in [-0.4, -0.2) is 6.04 Å². The standard InChI is InChI=1S/C15H17Cl2NOS/c1-2-11(18)8-10-4-3-5-13(16)15(10)19-9-12-6-7-14(17)20-12/h3-7,11H,2,8-9,18H2,1H3. The summed E-state index contributed by atoms with van der Waals surface area (Å²) >= 11 is 13.7. The van der Waals surface area contributed by atoms with E-state index in [0.717, 1.165) is 33.4 Å². The summed E-state index contributed by atoms with van der Waals surface area (Å²) in [6, 6.07) is 9.71. The number of hydrogen-bond acceptors (Lipinski definition) is 3. The van der Waals surface area contributed by atoms with Gasteiger partial charge in [0.25, 0.3) is 0 Å². The predicted molar refractivity (Wildman–Crippen MR) is 87.1 cm³/mol. The molecular formula is C15H17Cl2NOS. The number of halogens is 2. The zero-order valence-corrected chi connectivity index (χ0v) is 13.6. The van der Waals surface area contributed by atoms with Crippen molar-refractivity contribution in [3.05, 3.63) is 50.1 Å². The normalized spacial score (nSPS) is 12.4. The van der Waals surface area contributed by atoms with E-state index in [4.69, 9.17) is 33.7 Å². The highest BCUT2D eigenvalue weighted by Crippen LogP contribution is 2.31. The lowest BCUT2D eigenvalue weighted by Gasteiger charge is -2.15. The van der Waals surface area contributed by atoms with Gasteiger partial charge in [-0.25, -0.2) is 0 Å². The number of hydrogen-bond donors (Lipinski definition) is 1. The van der Waals surface area contributed by atoms with E-state index in [9.17, 15) is 0 Å². The molecule has 1 atom stereocenters. The quantitative estimate of drug-likeness (QED) is 0.816. The summed E-state index contributed by atoms with van der Waals surface area (Å²) in [6.45, 7) is 2.54. The van der Waals surface area contributed by atoms with Crippen LogP contribution in [0.5, 0.6) is 5.75 Å². The van der Waals surface area contributed by atoms with Gasteiger partial charge in [0.1, 0.15) is 12.4 Å². The van der Waals surface area contributed by atoms with Crippen LogP contribution < -0.4 is 10.5 Å². The van der Waals surface area contributed by atoms with Crippen LogP contribution in [0.4, 0.5) is 0 Å². The third-order valence-electron chi connectivity index (χ3n) is 3.04. The van der Waals surface area contributed by atoms with E-state index in [1.165, 1.54) is 11.3 Å². The van der Waals surface area contributed by atoms with Crippen LogP contribution in [0.15, 0.2) is 30.3 Å². The Hall–Kier alpha value is -0.740. The van der Waals surface area contributed by atoms with E-state index in [-0.39, 0.29) is 6.04 Å². The molecule has 0 saturated heterocycles. The molecule has 0 radical (unpaired) electrons. The highest BCUT2D eigenvalue weighted by Gasteiger charge is 2.12. The molecule has 1 aromatic carbocycles. The van der Waals surface area contributed by atoms with Crippen molar-refractivity contribution in [3.8, 4) is 5.75 Å². The molecule has 0 amide bonds. The van der Waals surface area contributed by atoms with Gasteiger partial charge in [-0.05, 0) is 36.6 Å². The maximum Gasteiger partial charge on any atom is 0.141 e. The van der Waals surface area contributed by atoms with Gasteiger partial charge in [-0.3, -0.25) is 0 Å². The minimum atomic E-state index is 0.118. The zero-order valence-electron chi connectivity index (χ0n) is 11.2. The molecule has 0 aliphatic heterocycles. The van der Waals surface area contributed by atoms with Crippen LogP contribution in [0.3, 0.4) is 0 Å². The number of nitrogens with two attached hydrogens (primary N) is 1. The Morgan fingerprint density at radius 1 is 1.25 bits per heavy atom. The largest absolute Gasteiger partial charge is 0.486 e. The summed E-state index contributed by atoms with van der Waals surface area (Å²) in [5.74, 6) is 0.725. The van der Waals surface area contributed by atoms with Gasteiger partial charge < -0.3 is 10.5 Å². The van der Waals surface area contributed by atoms with Crippen LogP contribution in [-0.2, 0) is 13.0 Å². The maximum absolute atomic E-state index is 6.24. The van der Waals surface area contributed by atoms with E-state index in [2.05, 4.69) is 6.92 Å². The van der Waals surface area contributed by atoms with Crippen LogP contribution in [0.25, 0.3) is 0 Å². The highest BCUT2D eigenvalue weighted by atomic mass is 35.5. The van der Waals surface area contributed by atoms with Crippen molar-refractivity contribution < 1.29 is 4.74 Å². The fraction of sp³-hybridized carbons (Fsp3) is 0.333.